The lowest BCUT2D eigenvalue weighted by Crippen LogP contribution is -2.45. The van der Waals surface area contributed by atoms with E-state index in [0.29, 0.717) is 25.7 Å². The largest absolute Gasteiger partial charge is 0.481 e. The quantitative estimate of drug-likeness (QED) is 0.853. The summed E-state index contributed by atoms with van der Waals surface area (Å²) in [6.45, 7) is 0.245. The molecule has 0 aromatic rings. The maximum Gasteiger partial charge on any atom is 0.391 e. The molecule has 21 heavy (non-hydrogen) atoms. The van der Waals surface area contributed by atoms with Crippen LogP contribution < -0.4 is 0 Å². The molecule has 2 aliphatic rings. The Hall–Kier alpha value is -1.27. The molecular formula is C14H20F3NO3. The van der Waals surface area contributed by atoms with Crippen LogP contribution in [0.3, 0.4) is 0 Å². The minimum atomic E-state index is -4.19. The van der Waals surface area contributed by atoms with E-state index in [2.05, 4.69) is 0 Å². The van der Waals surface area contributed by atoms with Gasteiger partial charge in [0.05, 0.1) is 11.8 Å². The number of alkyl halides is 3. The lowest BCUT2D eigenvalue weighted by Gasteiger charge is -2.36. The third kappa shape index (κ3) is 3.89. The summed E-state index contributed by atoms with van der Waals surface area (Å²) in [7, 11) is 0. The third-order valence-corrected chi connectivity index (χ3v) is 4.64. The second kappa shape index (κ2) is 6.23. The van der Waals surface area contributed by atoms with E-state index in [1.165, 1.54) is 4.90 Å². The summed E-state index contributed by atoms with van der Waals surface area (Å²) in [4.78, 5) is 24.8. The highest BCUT2D eigenvalue weighted by Gasteiger charge is 2.42. The van der Waals surface area contributed by atoms with E-state index >= 15 is 0 Å². The zero-order valence-corrected chi connectivity index (χ0v) is 11.7. The van der Waals surface area contributed by atoms with Gasteiger partial charge < -0.3 is 10.0 Å². The molecule has 2 atom stereocenters. The molecule has 1 heterocycles. The SMILES string of the molecule is O=C(O)C1CCCC(C(=O)N2CCC(C(F)(F)F)CC2)C1. The summed E-state index contributed by atoms with van der Waals surface area (Å²) >= 11 is 0. The molecule has 0 radical (unpaired) electrons. The van der Waals surface area contributed by atoms with Crippen LogP contribution in [-0.2, 0) is 9.59 Å². The van der Waals surface area contributed by atoms with Crippen molar-refractivity contribution in [1.29, 1.82) is 0 Å². The molecule has 2 fully saturated rings. The Balaban J connectivity index is 1.88. The zero-order valence-electron chi connectivity index (χ0n) is 11.7. The number of aliphatic carboxylic acids is 1. The predicted octanol–water partition coefficient (Wildman–Crippen LogP) is 2.68. The number of rotatable bonds is 2. The van der Waals surface area contributed by atoms with E-state index < -0.39 is 24.0 Å². The van der Waals surface area contributed by atoms with Crippen molar-refractivity contribution < 1.29 is 27.9 Å². The van der Waals surface area contributed by atoms with Gasteiger partial charge in [0.1, 0.15) is 0 Å². The summed E-state index contributed by atoms with van der Waals surface area (Å²) in [5, 5.41) is 9.02. The van der Waals surface area contributed by atoms with E-state index in [1.54, 1.807) is 0 Å². The molecule has 1 saturated heterocycles. The molecule has 1 aliphatic heterocycles. The van der Waals surface area contributed by atoms with Gasteiger partial charge in [0, 0.05) is 19.0 Å². The van der Waals surface area contributed by atoms with Gasteiger partial charge in [-0.15, -0.1) is 0 Å². The Morgan fingerprint density at radius 3 is 2.10 bits per heavy atom. The molecule has 1 saturated carbocycles. The predicted molar refractivity (Wildman–Crippen MR) is 68.4 cm³/mol. The molecule has 0 bridgehead atoms. The number of carboxylic acid groups (broad SMARTS) is 1. The number of carboxylic acids is 1. The maximum absolute atomic E-state index is 12.6. The number of carbonyl (C=O) groups is 2. The van der Waals surface area contributed by atoms with Gasteiger partial charge in [-0.05, 0) is 32.1 Å². The summed E-state index contributed by atoms with van der Waals surface area (Å²) < 4.78 is 37.8. The molecule has 120 valence electrons. The maximum atomic E-state index is 12.6. The van der Waals surface area contributed by atoms with E-state index in [1.807, 2.05) is 0 Å². The second-order valence-corrected chi connectivity index (χ2v) is 6.04. The molecule has 2 unspecified atom stereocenters. The molecule has 0 aromatic heterocycles. The molecule has 4 nitrogen and oxygen atoms in total. The number of piperidine rings is 1. The van der Waals surface area contributed by atoms with Crippen molar-refractivity contribution in [3.05, 3.63) is 0 Å². The molecule has 7 heteroatoms. The Morgan fingerprint density at radius 1 is 1.00 bits per heavy atom. The second-order valence-electron chi connectivity index (χ2n) is 6.04. The number of hydrogen-bond donors (Lipinski definition) is 1. The number of carbonyl (C=O) groups excluding carboxylic acids is 1. The van der Waals surface area contributed by atoms with Crippen LogP contribution >= 0.6 is 0 Å². The van der Waals surface area contributed by atoms with Gasteiger partial charge in [-0.1, -0.05) is 6.42 Å². The molecule has 1 aliphatic carbocycles. The fraction of sp³-hybridized carbons (Fsp3) is 0.857. The molecular weight excluding hydrogens is 287 g/mol. The van der Waals surface area contributed by atoms with Gasteiger partial charge in [-0.25, -0.2) is 0 Å². The number of hydrogen-bond acceptors (Lipinski definition) is 2. The summed E-state index contributed by atoms with van der Waals surface area (Å²) in [5.41, 5.74) is 0. The Kier molecular flexibility index (Phi) is 4.78. The molecule has 2 rings (SSSR count). The Bertz CT molecular complexity index is 403. The van der Waals surface area contributed by atoms with Crippen LogP contribution in [0.25, 0.3) is 0 Å². The molecule has 1 amide bonds. The number of amides is 1. The lowest BCUT2D eigenvalue weighted by atomic mass is 9.80. The lowest BCUT2D eigenvalue weighted by molar-refractivity contribution is -0.187. The average Bonchev–Trinajstić information content (AvgIpc) is 2.46. The van der Waals surface area contributed by atoms with Crippen LogP contribution in [0.2, 0.25) is 0 Å². The average molecular weight is 307 g/mol. The van der Waals surface area contributed by atoms with Crippen LogP contribution in [-0.4, -0.2) is 41.1 Å². The van der Waals surface area contributed by atoms with Crippen molar-refractivity contribution >= 4 is 11.9 Å². The van der Waals surface area contributed by atoms with Gasteiger partial charge in [-0.3, -0.25) is 9.59 Å². The highest BCUT2D eigenvalue weighted by Crippen LogP contribution is 2.36. The Labute approximate surface area is 121 Å². The van der Waals surface area contributed by atoms with Crippen molar-refractivity contribution in [3.63, 3.8) is 0 Å². The van der Waals surface area contributed by atoms with Gasteiger partial charge in [0.15, 0.2) is 0 Å². The smallest absolute Gasteiger partial charge is 0.391 e. The first-order chi connectivity index (χ1) is 9.79. The summed E-state index contributed by atoms with van der Waals surface area (Å²) in [6, 6.07) is 0. The van der Waals surface area contributed by atoms with Crippen molar-refractivity contribution in [2.45, 2.75) is 44.7 Å². The highest BCUT2D eigenvalue weighted by atomic mass is 19.4. The van der Waals surface area contributed by atoms with Crippen molar-refractivity contribution in [1.82, 2.24) is 4.90 Å². The standard InChI is InChI=1S/C14H20F3NO3/c15-14(16,17)11-4-6-18(7-5-11)12(19)9-2-1-3-10(8-9)13(20)21/h9-11H,1-8H2,(H,20,21). The first-order valence-corrected chi connectivity index (χ1v) is 7.37. The van der Waals surface area contributed by atoms with Gasteiger partial charge in [0.25, 0.3) is 0 Å². The first-order valence-electron chi connectivity index (χ1n) is 7.37. The number of nitrogens with zero attached hydrogens (tertiary/aromatic N) is 1. The van der Waals surface area contributed by atoms with E-state index in [0.717, 1.165) is 0 Å². The minimum absolute atomic E-state index is 0.0513. The van der Waals surface area contributed by atoms with Gasteiger partial charge in [-0.2, -0.15) is 13.2 Å². The third-order valence-electron chi connectivity index (χ3n) is 4.64. The topological polar surface area (TPSA) is 57.6 Å². The van der Waals surface area contributed by atoms with E-state index in [-0.39, 0.29) is 37.8 Å². The summed E-state index contributed by atoms with van der Waals surface area (Å²) in [5.74, 6) is -3.22. The van der Waals surface area contributed by atoms with Crippen molar-refractivity contribution in [3.8, 4) is 0 Å². The number of halogens is 3. The molecule has 0 spiro atoms. The van der Waals surface area contributed by atoms with Gasteiger partial charge in [0.2, 0.25) is 5.91 Å². The first kappa shape index (κ1) is 16.1. The van der Waals surface area contributed by atoms with Crippen LogP contribution in [0, 0.1) is 17.8 Å². The van der Waals surface area contributed by atoms with Gasteiger partial charge >= 0.3 is 12.1 Å². The van der Waals surface area contributed by atoms with E-state index in [4.69, 9.17) is 5.11 Å². The van der Waals surface area contributed by atoms with Crippen molar-refractivity contribution in [2.75, 3.05) is 13.1 Å². The fourth-order valence-corrected chi connectivity index (χ4v) is 3.32. The van der Waals surface area contributed by atoms with Crippen LogP contribution in [0.4, 0.5) is 13.2 Å². The van der Waals surface area contributed by atoms with Crippen molar-refractivity contribution in [2.24, 2.45) is 17.8 Å². The zero-order chi connectivity index (χ0) is 15.6. The Morgan fingerprint density at radius 2 is 1.57 bits per heavy atom. The normalized spacial score (nSPS) is 28.4. The fourth-order valence-electron chi connectivity index (χ4n) is 3.32. The molecule has 1 N–H and O–H groups in total. The van der Waals surface area contributed by atoms with Crippen LogP contribution in [0.1, 0.15) is 38.5 Å². The minimum Gasteiger partial charge on any atom is -0.481 e. The highest BCUT2D eigenvalue weighted by molar-refractivity contribution is 5.80. The van der Waals surface area contributed by atoms with Crippen LogP contribution in [0.5, 0.6) is 0 Å². The number of likely N-dealkylation sites (tertiary alicyclic amines) is 1. The monoisotopic (exact) mass is 307 g/mol. The van der Waals surface area contributed by atoms with E-state index in [9.17, 15) is 22.8 Å². The van der Waals surface area contributed by atoms with Crippen LogP contribution in [0.15, 0.2) is 0 Å². The molecule has 0 aromatic carbocycles. The summed E-state index contributed by atoms with van der Waals surface area (Å²) in [6.07, 6.45) is -2.07.